The van der Waals surface area contributed by atoms with Crippen molar-refractivity contribution in [2.75, 3.05) is 18.4 Å². The SMILES string of the molecule is O=C1CCC(Nc2cc(C(=O)N3CCCC3)ccn2)C(=O)N1. The molecule has 0 spiro atoms. The van der Waals surface area contributed by atoms with Crippen molar-refractivity contribution in [1.29, 1.82) is 0 Å². The molecule has 116 valence electrons. The normalized spacial score (nSPS) is 21.6. The number of imide groups is 1. The third-order valence-electron chi connectivity index (χ3n) is 3.96. The van der Waals surface area contributed by atoms with E-state index in [4.69, 9.17) is 0 Å². The largest absolute Gasteiger partial charge is 0.358 e. The van der Waals surface area contributed by atoms with E-state index in [1.165, 1.54) is 0 Å². The number of amides is 3. The van der Waals surface area contributed by atoms with E-state index >= 15 is 0 Å². The Balaban J connectivity index is 1.69. The molecule has 1 atom stereocenters. The average Bonchev–Trinajstić information content (AvgIpc) is 3.04. The van der Waals surface area contributed by atoms with Crippen LogP contribution in [0.25, 0.3) is 0 Å². The van der Waals surface area contributed by atoms with Gasteiger partial charge in [0, 0.05) is 31.3 Å². The number of likely N-dealkylation sites (tertiary alicyclic amines) is 1. The summed E-state index contributed by atoms with van der Waals surface area (Å²) in [6.45, 7) is 1.58. The number of carbonyl (C=O) groups is 3. The van der Waals surface area contributed by atoms with Gasteiger partial charge >= 0.3 is 0 Å². The molecule has 2 aliphatic rings. The van der Waals surface area contributed by atoms with E-state index in [1.807, 2.05) is 4.90 Å². The number of rotatable bonds is 3. The van der Waals surface area contributed by atoms with Gasteiger partial charge < -0.3 is 10.2 Å². The maximum absolute atomic E-state index is 12.3. The highest BCUT2D eigenvalue weighted by molar-refractivity contribution is 6.01. The molecule has 3 rings (SSSR count). The van der Waals surface area contributed by atoms with Gasteiger partial charge in [0.15, 0.2) is 0 Å². The Kier molecular flexibility index (Phi) is 4.04. The van der Waals surface area contributed by atoms with Crippen LogP contribution in [0.1, 0.15) is 36.0 Å². The van der Waals surface area contributed by atoms with Crippen LogP contribution in [0.4, 0.5) is 5.82 Å². The number of nitrogens with one attached hydrogen (secondary N) is 2. The van der Waals surface area contributed by atoms with Crippen LogP contribution in [0.2, 0.25) is 0 Å². The van der Waals surface area contributed by atoms with Gasteiger partial charge in [-0.05, 0) is 31.4 Å². The Morgan fingerprint density at radius 2 is 2.09 bits per heavy atom. The van der Waals surface area contributed by atoms with Gasteiger partial charge in [0.2, 0.25) is 11.8 Å². The summed E-state index contributed by atoms with van der Waals surface area (Å²) in [4.78, 5) is 41.2. The van der Waals surface area contributed by atoms with E-state index in [9.17, 15) is 14.4 Å². The van der Waals surface area contributed by atoms with Crippen molar-refractivity contribution in [1.82, 2.24) is 15.2 Å². The van der Waals surface area contributed by atoms with Crippen molar-refractivity contribution in [2.45, 2.75) is 31.7 Å². The molecule has 2 fully saturated rings. The minimum atomic E-state index is -0.498. The van der Waals surface area contributed by atoms with Crippen LogP contribution in [0.5, 0.6) is 0 Å². The van der Waals surface area contributed by atoms with E-state index in [1.54, 1.807) is 18.3 Å². The summed E-state index contributed by atoms with van der Waals surface area (Å²) in [6.07, 6.45) is 4.36. The van der Waals surface area contributed by atoms with Crippen molar-refractivity contribution < 1.29 is 14.4 Å². The molecule has 0 aliphatic carbocycles. The zero-order chi connectivity index (χ0) is 15.5. The number of pyridine rings is 1. The monoisotopic (exact) mass is 302 g/mol. The molecular weight excluding hydrogens is 284 g/mol. The predicted octanol–water partition coefficient (Wildman–Crippen LogP) is 0.535. The zero-order valence-corrected chi connectivity index (χ0v) is 12.2. The van der Waals surface area contributed by atoms with Crippen LogP contribution >= 0.6 is 0 Å². The fraction of sp³-hybridized carbons (Fsp3) is 0.467. The summed E-state index contributed by atoms with van der Waals surface area (Å²) in [5.74, 6) is -0.144. The van der Waals surface area contributed by atoms with Crippen molar-refractivity contribution in [3.05, 3.63) is 23.9 Å². The number of nitrogens with zero attached hydrogens (tertiary/aromatic N) is 2. The first-order chi connectivity index (χ1) is 10.6. The minimum Gasteiger partial charge on any atom is -0.358 e. The number of piperidine rings is 1. The molecule has 3 heterocycles. The Morgan fingerprint density at radius 3 is 2.82 bits per heavy atom. The molecule has 7 heteroatoms. The smallest absolute Gasteiger partial charge is 0.254 e. The van der Waals surface area contributed by atoms with E-state index < -0.39 is 6.04 Å². The molecule has 0 bridgehead atoms. The average molecular weight is 302 g/mol. The van der Waals surface area contributed by atoms with Gasteiger partial charge in [-0.1, -0.05) is 0 Å². The summed E-state index contributed by atoms with van der Waals surface area (Å²) in [5.41, 5.74) is 0.562. The van der Waals surface area contributed by atoms with Crippen molar-refractivity contribution in [3.8, 4) is 0 Å². The van der Waals surface area contributed by atoms with Crippen LogP contribution in [-0.4, -0.2) is 46.7 Å². The van der Waals surface area contributed by atoms with E-state index in [2.05, 4.69) is 15.6 Å². The molecular formula is C15H18N4O3. The lowest BCUT2D eigenvalue weighted by molar-refractivity contribution is -0.133. The highest BCUT2D eigenvalue weighted by atomic mass is 16.2. The first-order valence-corrected chi connectivity index (χ1v) is 7.49. The maximum atomic E-state index is 12.3. The summed E-state index contributed by atoms with van der Waals surface area (Å²) < 4.78 is 0. The highest BCUT2D eigenvalue weighted by Gasteiger charge is 2.27. The minimum absolute atomic E-state index is 0.00813. The first kappa shape index (κ1) is 14.5. The fourth-order valence-corrected chi connectivity index (χ4v) is 2.76. The molecule has 1 aromatic heterocycles. The van der Waals surface area contributed by atoms with Gasteiger partial charge in [-0.3, -0.25) is 19.7 Å². The molecule has 7 nitrogen and oxygen atoms in total. The molecule has 1 aromatic rings. The molecule has 2 saturated heterocycles. The molecule has 22 heavy (non-hydrogen) atoms. The van der Waals surface area contributed by atoms with Crippen molar-refractivity contribution >= 4 is 23.5 Å². The van der Waals surface area contributed by atoms with Gasteiger partial charge in [0.25, 0.3) is 5.91 Å². The Labute approximate surface area is 128 Å². The van der Waals surface area contributed by atoms with Crippen molar-refractivity contribution in [3.63, 3.8) is 0 Å². The topological polar surface area (TPSA) is 91.4 Å². The van der Waals surface area contributed by atoms with Gasteiger partial charge in [0.1, 0.15) is 11.9 Å². The highest BCUT2D eigenvalue weighted by Crippen LogP contribution is 2.16. The number of carbonyl (C=O) groups excluding carboxylic acids is 3. The van der Waals surface area contributed by atoms with Crippen LogP contribution in [0, 0.1) is 0 Å². The second-order valence-electron chi connectivity index (χ2n) is 5.58. The van der Waals surface area contributed by atoms with Crippen molar-refractivity contribution in [2.24, 2.45) is 0 Å². The first-order valence-electron chi connectivity index (χ1n) is 7.49. The Morgan fingerprint density at radius 1 is 1.32 bits per heavy atom. The van der Waals surface area contributed by atoms with Gasteiger partial charge in [-0.25, -0.2) is 4.98 Å². The number of aromatic nitrogens is 1. The maximum Gasteiger partial charge on any atom is 0.254 e. The van der Waals surface area contributed by atoms with Gasteiger partial charge in [-0.15, -0.1) is 0 Å². The van der Waals surface area contributed by atoms with Gasteiger partial charge in [0.05, 0.1) is 0 Å². The summed E-state index contributed by atoms with van der Waals surface area (Å²) in [6, 6.07) is 2.84. The summed E-state index contributed by atoms with van der Waals surface area (Å²) >= 11 is 0. The number of anilines is 1. The van der Waals surface area contributed by atoms with Crippen LogP contribution in [0.15, 0.2) is 18.3 Å². The molecule has 0 radical (unpaired) electrons. The molecule has 1 unspecified atom stereocenters. The molecule has 3 amide bonds. The Hall–Kier alpha value is -2.44. The van der Waals surface area contributed by atoms with Crippen LogP contribution in [-0.2, 0) is 9.59 Å². The standard InChI is InChI=1S/C15H18N4O3/c20-13-4-3-11(14(21)18-13)17-12-9-10(5-6-16-12)15(22)19-7-1-2-8-19/h5-6,9,11H,1-4,7-8H2,(H,16,17)(H,18,20,21). The van der Waals surface area contributed by atoms with E-state index in [0.29, 0.717) is 24.2 Å². The summed E-state index contributed by atoms with van der Waals surface area (Å²) in [7, 11) is 0. The quantitative estimate of drug-likeness (QED) is 0.795. The van der Waals surface area contributed by atoms with Crippen LogP contribution in [0.3, 0.4) is 0 Å². The molecule has 2 aliphatic heterocycles. The lowest BCUT2D eigenvalue weighted by Gasteiger charge is -2.22. The second-order valence-corrected chi connectivity index (χ2v) is 5.58. The Bertz CT molecular complexity index is 611. The lowest BCUT2D eigenvalue weighted by atomic mass is 10.1. The number of hydrogen-bond acceptors (Lipinski definition) is 5. The third-order valence-corrected chi connectivity index (χ3v) is 3.96. The van der Waals surface area contributed by atoms with E-state index in [-0.39, 0.29) is 17.7 Å². The fourth-order valence-electron chi connectivity index (χ4n) is 2.76. The van der Waals surface area contributed by atoms with Gasteiger partial charge in [-0.2, -0.15) is 0 Å². The van der Waals surface area contributed by atoms with Crippen LogP contribution < -0.4 is 10.6 Å². The summed E-state index contributed by atoms with van der Waals surface area (Å²) in [5, 5.41) is 5.28. The number of hydrogen-bond donors (Lipinski definition) is 2. The molecule has 0 aromatic carbocycles. The van der Waals surface area contributed by atoms with E-state index in [0.717, 1.165) is 25.9 Å². The predicted molar refractivity (Wildman–Crippen MR) is 79.2 cm³/mol. The molecule has 2 N–H and O–H groups in total. The zero-order valence-electron chi connectivity index (χ0n) is 12.2. The molecule has 0 saturated carbocycles. The third kappa shape index (κ3) is 3.08. The second kappa shape index (κ2) is 6.13. The lowest BCUT2D eigenvalue weighted by Crippen LogP contribution is -2.47.